The molecule has 18 heavy (non-hydrogen) atoms. The van der Waals surface area contributed by atoms with Crippen molar-refractivity contribution in [2.45, 2.75) is 6.92 Å². The molecule has 1 heterocycles. The van der Waals surface area contributed by atoms with Crippen molar-refractivity contribution in [1.29, 1.82) is 0 Å². The van der Waals surface area contributed by atoms with E-state index in [1.807, 2.05) is 0 Å². The van der Waals surface area contributed by atoms with E-state index in [1.165, 1.54) is 18.2 Å². The maximum Gasteiger partial charge on any atom is 0.255 e. The van der Waals surface area contributed by atoms with Gasteiger partial charge < -0.3 is 11.1 Å². The molecule has 5 heteroatoms. The third-order valence-electron chi connectivity index (χ3n) is 2.42. The molecular weight excluding hydrogens is 233 g/mol. The van der Waals surface area contributed by atoms with E-state index in [2.05, 4.69) is 10.3 Å². The highest BCUT2D eigenvalue weighted by atomic mass is 19.1. The molecule has 3 N–H and O–H groups in total. The highest BCUT2D eigenvalue weighted by Crippen LogP contribution is 2.20. The Morgan fingerprint density at radius 2 is 2.11 bits per heavy atom. The highest BCUT2D eigenvalue weighted by Gasteiger charge is 2.09. The Morgan fingerprint density at radius 3 is 2.83 bits per heavy atom. The number of hydrogen-bond acceptors (Lipinski definition) is 3. The monoisotopic (exact) mass is 245 g/mol. The molecule has 0 bridgehead atoms. The fourth-order valence-corrected chi connectivity index (χ4v) is 1.52. The minimum Gasteiger partial charge on any atom is -0.397 e. The zero-order valence-corrected chi connectivity index (χ0v) is 9.77. The molecule has 2 rings (SSSR count). The first-order valence-electron chi connectivity index (χ1n) is 5.35. The number of carbonyl (C=O) groups is 1. The summed E-state index contributed by atoms with van der Waals surface area (Å²) in [6.45, 7) is 1.79. The number of benzene rings is 1. The van der Waals surface area contributed by atoms with Gasteiger partial charge in [0, 0.05) is 17.5 Å². The quantitative estimate of drug-likeness (QED) is 0.798. The van der Waals surface area contributed by atoms with E-state index in [4.69, 9.17) is 5.73 Å². The Bertz CT molecular complexity index is 599. The Kier molecular flexibility index (Phi) is 3.23. The van der Waals surface area contributed by atoms with E-state index < -0.39 is 5.82 Å². The van der Waals surface area contributed by atoms with Gasteiger partial charge in [0.15, 0.2) is 0 Å². The van der Waals surface area contributed by atoms with Gasteiger partial charge in [0.1, 0.15) is 5.82 Å². The van der Waals surface area contributed by atoms with Gasteiger partial charge in [-0.2, -0.15) is 0 Å². The predicted molar refractivity (Wildman–Crippen MR) is 67.7 cm³/mol. The van der Waals surface area contributed by atoms with Crippen LogP contribution in [0.3, 0.4) is 0 Å². The summed E-state index contributed by atoms with van der Waals surface area (Å²) in [4.78, 5) is 15.9. The second-order valence-corrected chi connectivity index (χ2v) is 3.87. The van der Waals surface area contributed by atoms with Crippen molar-refractivity contribution in [3.05, 3.63) is 53.6 Å². The van der Waals surface area contributed by atoms with Crippen molar-refractivity contribution in [1.82, 2.24) is 4.98 Å². The first-order chi connectivity index (χ1) is 8.56. The van der Waals surface area contributed by atoms with Crippen LogP contribution in [0.15, 0.2) is 36.5 Å². The van der Waals surface area contributed by atoms with E-state index in [0.29, 0.717) is 11.3 Å². The number of amides is 1. The summed E-state index contributed by atoms with van der Waals surface area (Å²) in [6, 6.07) is 7.05. The van der Waals surface area contributed by atoms with Crippen molar-refractivity contribution in [3.63, 3.8) is 0 Å². The number of carbonyl (C=O) groups excluding carboxylic acids is 1. The van der Waals surface area contributed by atoms with Gasteiger partial charge in [-0.25, -0.2) is 4.39 Å². The molecule has 0 aliphatic heterocycles. The number of anilines is 2. The maximum atomic E-state index is 13.0. The van der Waals surface area contributed by atoms with E-state index in [9.17, 15) is 9.18 Å². The smallest absolute Gasteiger partial charge is 0.255 e. The topological polar surface area (TPSA) is 68.0 Å². The summed E-state index contributed by atoms with van der Waals surface area (Å²) in [7, 11) is 0. The van der Waals surface area contributed by atoms with Crippen LogP contribution in [0.2, 0.25) is 0 Å². The average Bonchev–Trinajstić information content (AvgIpc) is 2.34. The summed E-state index contributed by atoms with van der Waals surface area (Å²) in [5.74, 6) is -0.803. The van der Waals surface area contributed by atoms with Crippen LogP contribution in [-0.2, 0) is 0 Å². The van der Waals surface area contributed by atoms with Crippen molar-refractivity contribution in [3.8, 4) is 0 Å². The Morgan fingerprint density at radius 1 is 1.33 bits per heavy atom. The number of aryl methyl sites for hydroxylation is 1. The van der Waals surface area contributed by atoms with Crippen LogP contribution in [0.1, 0.15) is 16.1 Å². The second kappa shape index (κ2) is 4.83. The van der Waals surface area contributed by atoms with Crippen molar-refractivity contribution < 1.29 is 9.18 Å². The number of rotatable bonds is 2. The molecule has 0 saturated carbocycles. The number of hydrogen-bond donors (Lipinski definition) is 2. The van der Waals surface area contributed by atoms with Crippen LogP contribution >= 0.6 is 0 Å². The molecule has 0 atom stereocenters. The zero-order valence-electron chi connectivity index (χ0n) is 9.77. The molecule has 2 aromatic rings. The third-order valence-corrected chi connectivity index (χ3v) is 2.42. The van der Waals surface area contributed by atoms with Gasteiger partial charge in [0.2, 0.25) is 0 Å². The summed E-state index contributed by atoms with van der Waals surface area (Å²) >= 11 is 0. The highest BCUT2D eigenvalue weighted by molar-refractivity contribution is 6.05. The lowest BCUT2D eigenvalue weighted by Crippen LogP contribution is -2.13. The minimum absolute atomic E-state index is 0.259. The molecule has 1 amide bonds. The summed E-state index contributed by atoms with van der Waals surface area (Å²) < 4.78 is 13.0. The lowest BCUT2D eigenvalue weighted by molar-refractivity contribution is 0.102. The number of pyridine rings is 1. The number of nitrogens with one attached hydrogen (secondary N) is 1. The Hall–Kier alpha value is -2.43. The SMILES string of the molecule is Cc1cc(C(=O)Nc2cc(F)ccc2N)ccn1. The maximum absolute atomic E-state index is 13.0. The summed E-state index contributed by atoms with van der Waals surface area (Å²) in [5, 5.41) is 2.56. The first kappa shape index (κ1) is 12.0. The van der Waals surface area contributed by atoms with Crippen molar-refractivity contribution in [2.75, 3.05) is 11.1 Å². The van der Waals surface area contributed by atoms with Crippen molar-refractivity contribution in [2.24, 2.45) is 0 Å². The molecule has 0 radical (unpaired) electrons. The molecule has 1 aromatic heterocycles. The molecule has 4 nitrogen and oxygen atoms in total. The fourth-order valence-electron chi connectivity index (χ4n) is 1.52. The van der Waals surface area contributed by atoms with Crippen LogP contribution < -0.4 is 11.1 Å². The molecule has 0 aliphatic rings. The van der Waals surface area contributed by atoms with Gasteiger partial charge in [-0.1, -0.05) is 0 Å². The Balaban J connectivity index is 2.24. The van der Waals surface area contributed by atoms with Gasteiger partial charge in [0.05, 0.1) is 11.4 Å². The molecular formula is C13H12FN3O. The van der Waals surface area contributed by atoms with Crippen LogP contribution in [0, 0.1) is 12.7 Å². The number of aromatic nitrogens is 1. The summed E-state index contributed by atoms with van der Waals surface area (Å²) in [5.41, 5.74) is 7.41. The zero-order chi connectivity index (χ0) is 13.1. The number of nitrogens with two attached hydrogens (primary N) is 1. The van der Waals surface area contributed by atoms with Gasteiger partial charge in [-0.15, -0.1) is 0 Å². The molecule has 0 fully saturated rings. The third kappa shape index (κ3) is 2.63. The molecule has 0 saturated heterocycles. The standard InChI is InChI=1S/C13H12FN3O/c1-8-6-9(4-5-16-8)13(18)17-12-7-10(14)2-3-11(12)15/h2-7H,15H2,1H3,(H,17,18). The van der Waals surface area contributed by atoms with Crippen molar-refractivity contribution >= 4 is 17.3 Å². The van der Waals surface area contributed by atoms with E-state index in [1.54, 1.807) is 25.3 Å². The van der Waals surface area contributed by atoms with Gasteiger partial charge in [-0.05, 0) is 37.3 Å². The number of nitrogen functional groups attached to an aromatic ring is 1. The largest absolute Gasteiger partial charge is 0.397 e. The number of nitrogens with zero attached hydrogens (tertiary/aromatic N) is 1. The van der Waals surface area contributed by atoms with Gasteiger partial charge in [-0.3, -0.25) is 9.78 Å². The lowest BCUT2D eigenvalue weighted by Gasteiger charge is -2.08. The minimum atomic E-state index is -0.453. The normalized spacial score (nSPS) is 10.1. The second-order valence-electron chi connectivity index (χ2n) is 3.87. The molecule has 92 valence electrons. The first-order valence-corrected chi connectivity index (χ1v) is 5.35. The molecule has 0 unspecified atom stereocenters. The van der Waals surface area contributed by atoms with Crippen LogP contribution in [0.5, 0.6) is 0 Å². The Labute approximate surface area is 104 Å². The molecule has 0 aliphatic carbocycles. The van der Waals surface area contributed by atoms with Crippen LogP contribution in [-0.4, -0.2) is 10.9 Å². The van der Waals surface area contributed by atoms with Gasteiger partial charge in [0.25, 0.3) is 5.91 Å². The average molecular weight is 245 g/mol. The fraction of sp³-hybridized carbons (Fsp3) is 0.0769. The van der Waals surface area contributed by atoms with E-state index in [-0.39, 0.29) is 11.6 Å². The lowest BCUT2D eigenvalue weighted by atomic mass is 10.2. The summed E-state index contributed by atoms with van der Waals surface area (Å²) in [6.07, 6.45) is 1.54. The van der Waals surface area contributed by atoms with E-state index >= 15 is 0 Å². The van der Waals surface area contributed by atoms with Crippen LogP contribution in [0.25, 0.3) is 0 Å². The van der Waals surface area contributed by atoms with E-state index in [0.717, 1.165) is 5.69 Å². The predicted octanol–water partition coefficient (Wildman–Crippen LogP) is 2.36. The van der Waals surface area contributed by atoms with Crippen LogP contribution in [0.4, 0.5) is 15.8 Å². The molecule has 1 aromatic carbocycles. The van der Waals surface area contributed by atoms with Gasteiger partial charge >= 0.3 is 0 Å². The molecule has 0 spiro atoms. The number of halogens is 1.